The third kappa shape index (κ3) is 2.04. The molecule has 1 fully saturated rings. The van der Waals surface area contributed by atoms with Gasteiger partial charge < -0.3 is 9.84 Å². The number of terminal acetylenes is 1. The van der Waals surface area contributed by atoms with E-state index in [-0.39, 0.29) is 0 Å². The van der Waals surface area contributed by atoms with Crippen LogP contribution in [0.4, 0.5) is 0 Å². The maximum absolute atomic E-state index is 10.3. The summed E-state index contributed by atoms with van der Waals surface area (Å²) in [5.74, 6) is 2.58. The smallest absolute Gasteiger partial charge is 0.0952 e. The molecule has 1 aliphatic heterocycles. The summed E-state index contributed by atoms with van der Waals surface area (Å²) in [6.45, 7) is 4.53. The summed E-state index contributed by atoms with van der Waals surface area (Å²) in [6.07, 6.45) is 8.24. The second kappa shape index (κ2) is 3.69. The highest BCUT2D eigenvalue weighted by atomic mass is 16.5. The van der Waals surface area contributed by atoms with Crippen molar-refractivity contribution in [3.05, 3.63) is 0 Å². The van der Waals surface area contributed by atoms with Gasteiger partial charge in [0.25, 0.3) is 0 Å². The van der Waals surface area contributed by atoms with Gasteiger partial charge in [-0.05, 0) is 26.7 Å². The second-order valence-electron chi connectivity index (χ2n) is 4.20. The first-order valence-electron chi connectivity index (χ1n) is 4.82. The maximum Gasteiger partial charge on any atom is 0.0952 e. The van der Waals surface area contributed by atoms with Crippen LogP contribution in [0.15, 0.2) is 0 Å². The van der Waals surface area contributed by atoms with Crippen LogP contribution in [0.5, 0.6) is 0 Å². The molecular weight excluding hydrogens is 164 g/mol. The van der Waals surface area contributed by atoms with Gasteiger partial charge in [0, 0.05) is 12.8 Å². The van der Waals surface area contributed by atoms with Crippen molar-refractivity contribution in [3.8, 4) is 12.3 Å². The molecular formula is C11H18O2. The monoisotopic (exact) mass is 182 g/mol. The number of aliphatic hydroxyl groups is 1. The number of unbranched alkanes of at least 4 members (excludes halogenated alkanes) is 1. The summed E-state index contributed by atoms with van der Waals surface area (Å²) in [5.41, 5.74) is -1.09. The molecule has 0 aliphatic carbocycles. The Morgan fingerprint density at radius 2 is 2.23 bits per heavy atom. The molecule has 0 aromatic carbocycles. The highest BCUT2D eigenvalue weighted by Crippen LogP contribution is 2.38. The quantitative estimate of drug-likeness (QED) is 0.532. The molecule has 1 atom stereocenters. The first kappa shape index (κ1) is 10.6. The third-order valence-corrected chi connectivity index (χ3v) is 3.01. The van der Waals surface area contributed by atoms with Gasteiger partial charge in [-0.2, -0.15) is 0 Å². The van der Waals surface area contributed by atoms with Crippen molar-refractivity contribution in [2.24, 2.45) is 0 Å². The molecule has 0 aromatic heterocycles. The zero-order valence-electron chi connectivity index (χ0n) is 8.47. The van der Waals surface area contributed by atoms with Crippen molar-refractivity contribution in [2.45, 2.75) is 50.7 Å². The standard InChI is InChI=1S/C11H18O2/c1-4-5-6-7-11(12)8-9-13-10(11,2)3/h1,12H,5-9H2,2-3H3. The predicted octanol–water partition coefficient (Wildman–Crippen LogP) is 1.72. The van der Waals surface area contributed by atoms with E-state index in [0.717, 1.165) is 25.7 Å². The fraction of sp³-hybridized carbons (Fsp3) is 0.818. The summed E-state index contributed by atoms with van der Waals surface area (Å²) >= 11 is 0. The van der Waals surface area contributed by atoms with Gasteiger partial charge in [-0.15, -0.1) is 12.3 Å². The lowest BCUT2D eigenvalue weighted by Gasteiger charge is -2.35. The van der Waals surface area contributed by atoms with Crippen molar-refractivity contribution in [1.82, 2.24) is 0 Å². The lowest BCUT2D eigenvalue weighted by Crippen LogP contribution is -2.46. The molecule has 0 saturated carbocycles. The van der Waals surface area contributed by atoms with Crippen LogP contribution in [-0.2, 0) is 4.74 Å². The zero-order chi connectivity index (χ0) is 9.95. The minimum Gasteiger partial charge on any atom is -0.387 e. The van der Waals surface area contributed by atoms with E-state index >= 15 is 0 Å². The lowest BCUT2D eigenvalue weighted by molar-refractivity contribution is -0.102. The molecule has 0 amide bonds. The lowest BCUT2D eigenvalue weighted by atomic mass is 9.81. The molecule has 1 heterocycles. The number of rotatable bonds is 3. The second-order valence-corrected chi connectivity index (χ2v) is 4.20. The Hall–Kier alpha value is -0.520. The molecule has 1 N–H and O–H groups in total. The topological polar surface area (TPSA) is 29.5 Å². The van der Waals surface area contributed by atoms with Gasteiger partial charge in [-0.1, -0.05) is 0 Å². The van der Waals surface area contributed by atoms with Crippen molar-refractivity contribution >= 4 is 0 Å². The average Bonchev–Trinajstić information content (AvgIpc) is 2.28. The van der Waals surface area contributed by atoms with E-state index in [1.807, 2.05) is 13.8 Å². The summed E-state index contributed by atoms with van der Waals surface area (Å²) in [7, 11) is 0. The van der Waals surface area contributed by atoms with Crippen molar-refractivity contribution in [3.63, 3.8) is 0 Å². The van der Waals surface area contributed by atoms with Gasteiger partial charge in [0.05, 0.1) is 17.8 Å². The van der Waals surface area contributed by atoms with Crippen LogP contribution >= 0.6 is 0 Å². The van der Waals surface area contributed by atoms with E-state index in [1.54, 1.807) is 0 Å². The predicted molar refractivity (Wildman–Crippen MR) is 52.3 cm³/mol. The maximum atomic E-state index is 10.3. The summed E-state index contributed by atoms with van der Waals surface area (Å²) < 4.78 is 5.48. The van der Waals surface area contributed by atoms with Gasteiger partial charge in [0.15, 0.2) is 0 Å². The van der Waals surface area contributed by atoms with Gasteiger partial charge in [-0.3, -0.25) is 0 Å². The molecule has 0 bridgehead atoms. The van der Waals surface area contributed by atoms with Crippen LogP contribution in [-0.4, -0.2) is 22.9 Å². The fourth-order valence-electron chi connectivity index (χ4n) is 1.82. The van der Waals surface area contributed by atoms with E-state index in [9.17, 15) is 5.11 Å². The van der Waals surface area contributed by atoms with Crippen LogP contribution in [0.3, 0.4) is 0 Å². The van der Waals surface area contributed by atoms with Crippen molar-refractivity contribution < 1.29 is 9.84 Å². The molecule has 0 radical (unpaired) electrons. The Labute approximate surface area is 80.3 Å². The molecule has 1 aliphatic rings. The highest BCUT2D eigenvalue weighted by molar-refractivity contribution is 5.00. The zero-order valence-corrected chi connectivity index (χ0v) is 8.47. The fourth-order valence-corrected chi connectivity index (χ4v) is 1.82. The Morgan fingerprint density at radius 1 is 1.54 bits per heavy atom. The van der Waals surface area contributed by atoms with Gasteiger partial charge in [0.2, 0.25) is 0 Å². The van der Waals surface area contributed by atoms with E-state index in [4.69, 9.17) is 11.2 Å². The van der Waals surface area contributed by atoms with E-state index in [1.165, 1.54) is 0 Å². The summed E-state index contributed by atoms with van der Waals surface area (Å²) in [6, 6.07) is 0. The van der Waals surface area contributed by atoms with E-state index in [0.29, 0.717) is 6.61 Å². The first-order valence-corrected chi connectivity index (χ1v) is 4.82. The molecule has 74 valence electrons. The number of hydrogen-bond donors (Lipinski definition) is 1. The Balaban J connectivity index is 2.50. The van der Waals surface area contributed by atoms with Crippen LogP contribution in [0, 0.1) is 12.3 Å². The first-order chi connectivity index (χ1) is 6.02. The molecule has 1 unspecified atom stereocenters. The minimum atomic E-state index is -0.677. The number of hydrogen-bond acceptors (Lipinski definition) is 2. The van der Waals surface area contributed by atoms with E-state index in [2.05, 4.69) is 5.92 Å². The molecule has 0 aromatic rings. The molecule has 2 heteroatoms. The highest BCUT2D eigenvalue weighted by Gasteiger charge is 2.48. The summed E-state index contributed by atoms with van der Waals surface area (Å²) in [5, 5.41) is 10.3. The Morgan fingerprint density at radius 3 is 2.69 bits per heavy atom. The molecule has 1 saturated heterocycles. The molecule has 1 rings (SSSR count). The van der Waals surface area contributed by atoms with Gasteiger partial charge >= 0.3 is 0 Å². The van der Waals surface area contributed by atoms with Crippen LogP contribution in [0.2, 0.25) is 0 Å². The molecule has 13 heavy (non-hydrogen) atoms. The van der Waals surface area contributed by atoms with Crippen molar-refractivity contribution in [1.29, 1.82) is 0 Å². The normalized spacial score (nSPS) is 31.5. The largest absolute Gasteiger partial charge is 0.387 e. The Kier molecular flexibility index (Phi) is 3.00. The molecule has 0 spiro atoms. The van der Waals surface area contributed by atoms with Crippen molar-refractivity contribution in [2.75, 3.05) is 6.61 Å². The SMILES string of the molecule is C#CCCCC1(O)CCOC1(C)C. The van der Waals surface area contributed by atoms with Gasteiger partial charge in [0.1, 0.15) is 0 Å². The molecule has 2 nitrogen and oxygen atoms in total. The minimum absolute atomic E-state index is 0.415. The van der Waals surface area contributed by atoms with Crippen LogP contribution < -0.4 is 0 Å². The average molecular weight is 182 g/mol. The van der Waals surface area contributed by atoms with Crippen LogP contribution in [0.1, 0.15) is 39.5 Å². The number of ether oxygens (including phenoxy) is 1. The van der Waals surface area contributed by atoms with E-state index < -0.39 is 11.2 Å². The Bertz CT molecular complexity index is 215. The summed E-state index contributed by atoms with van der Waals surface area (Å²) in [4.78, 5) is 0. The van der Waals surface area contributed by atoms with Crippen LogP contribution in [0.25, 0.3) is 0 Å². The third-order valence-electron chi connectivity index (χ3n) is 3.01. The van der Waals surface area contributed by atoms with Gasteiger partial charge in [-0.25, -0.2) is 0 Å².